The molecule has 0 atom stereocenters. The molecule has 5 aromatic rings. The van der Waals surface area contributed by atoms with Gasteiger partial charge in [0.15, 0.2) is 10.9 Å². The Morgan fingerprint density at radius 3 is 2.52 bits per heavy atom. The number of thioether (sulfide) groups is 1. The van der Waals surface area contributed by atoms with Crippen molar-refractivity contribution in [2.75, 3.05) is 6.54 Å². The normalized spacial score (nSPS) is 11.1. The predicted octanol–water partition coefficient (Wildman–Crippen LogP) is 7.72. The number of rotatable bonds is 10. The van der Waals surface area contributed by atoms with Gasteiger partial charge >= 0.3 is 0 Å². The molecular formula is C28H21Cl4N5O2S. The quantitative estimate of drug-likeness (QED) is 0.159. The molecule has 12 heteroatoms. The van der Waals surface area contributed by atoms with Crippen molar-refractivity contribution in [1.82, 2.24) is 25.1 Å². The molecule has 40 heavy (non-hydrogen) atoms. The number of benzene rings is 3. The highest BCUT2D eigenvalue weighted by atomic mass is 35.5. The van der Waals surface area contributed by atoms with Crippen LogP contribution in [0.5, 0.6) is 0 Å². The van der Waals surface area contributed by atoms with Crippen molar-refractivity contribution in [2.45, 2.75) is 23.8 Å². The molecule has 0 aliphatic heterocycles. The van der Waals surface area contributed by atoms with Crippen molar-refractivity contribution in [2.24, 2.45) is 0 Å². The van der Waals surface area contributed by atoms with Gasteiger partial charge < -0.3 is 9.73 Å². The molecule has 2 aromatic heterocycles. The number of amides is 1. The van der Waals surface area contributed by atoms with E-state index in [-0.39, 0.29) is 11.6 Å². The van der Waals surface area contributed by atoms with Gasteiger partial charge in [-0.25, -0.2) is 4.98 Å². The Morgan fingerprint density at radius 2 is 1.75 bits per heavy atom. The summed E-state index contributed by atoms with van der Waals surface area (Å²) < 4.78 is 7.49. The molecule has 7 nitrogen and oxygen atoms in total. The lowest BCUT2D eigenvalue weighted by molar-refractivity contribution is 0.0949. The molecular weight excluding hydrogens is 612 g/mol. The van der Waals surface area contributed by atoms with Crippen LogP contribution in [0, 0.1) is 0 Å². The van der Waals surface area contributed by atoms with Crippen LogP contribution in [-0.2, 0) is 18.6 Å². The van der Waals surface area contributed by atoms with E-state index < -0.39 is 0 Å². The van der Waals surface area contributed by atoms with E-state index in [1.165, 1.54) is 18.0 Å². The molecule has 5 rings (SSSR count). The zero-order valence-electron chi connectivity index (χ0n) is 20.8. The lowest BCUT2D eigenvalue weighted by Crippen LogP contribution is -2.26. The van der Waals surface area contributed by atoms with E-state index in [0.717, 1.165) is 22.6 Å². The molecule has 0 saturated carbocycles. The SMILES string of the molecule is O=C(NCCc1ccc(Cl)cc1Cl)c1coc(CSc2nnc(Cc3ccccc3)n2-c2ccc(Cl)c(Cl)c2)n1. The van der Waals surface area contributed by atoms with Gasteiger partial charge in [-0.3, -0.25) is 9.36 Å². The average Bonchev–Trinajstić information content (AvgIpc) is 3.58. The highest BCUT2D eigenvalue weighted by molar-refractivity contribution is 7.98. The van der Waals surface area contributed by atoms with E-state index in [2.05, 4.69) is 20.5 Å². The monoisotopic (exact) mass is 631 g/mol. The first-order chi connectivity index (χ1) is 19.4. The van der Waals surface area contributed by atoms with Crippen LogP contribution >= 0.6 is 58.2 Å². The van der Waals surface area contributed by atoms with Crippen molar-refractivity contribution < 1.29 is 9.21 Å². The second-order valence-corrected chi connectivity index (χ2v) is 11.3. The van der Waals surface area contributed by atoms with Crippen LogP contribution in [0.3, 0.4) is 0 Å². The summed E-state index contributed by atoms with van der Waals surface area (Å²) in [5, 5.41) is 14.3. The molecule has 0 saturated heterocycles. The smallest absolute Gasteiger partial charge is 0.273 e. The largest absolute Gasteiger partial charge is 0.447 e. The van der Waals surface area contributed by atoms with Crippen molar-refractivity contribution in [3.05, 3.63) is 122 Å². The first-order valence-electron chi connectivity index (χ1n) is 12.1. The minimum Gasteiger partial charge on any atom is -0.447 e. The van der Waals surface area contributed by atoms with Gasteiger partial charge in [-0.2, -0.15) is 0 Å². The highest BCUT2D eigenvalue weighted by Crippen LogP contribution is 2.30. The Morgan fingerprint density at radius 1 is 0.925 bits per heavy atom. The van der Waals surface area contributed by atoms with Crippen LogP contribution in [0.2, 0.25) is 20.1 Å². The van der Waals surface area contributed by atoms with E-state index >= 15 is 0 Å². The van der Waals surface area contributed by atoms with Crippen molar-refractivity contribution >= 4 is 64.1 Å². The molecule has 204 valence electrons. The number of aromatic nitrogens is 4. The molecule has 0 radical (unpaired) electrons. The van der Waals surface area contributed by atoms with Crippen LogP contribution in [-0.4, -0.2) is 32.2 Å². The number of nitrogens with one attached hydrogen (secondary N) is 1. The van der Waals surface area contributed by atoms with Crippen LogP contribution < -0.4 is 5.32 Å². The van der Waals surface area contributed by atoms with Gasteiger partial charge in [0, 0.05) is 23.0 Å². The molecule has 0 unspecified atom stereocenters. The number of carbonyl (C=O) groups is 1. The maximum Gasteiger partial charge on any atom is 0.273 e. The summed E-state index contributed by atoms with van der Waals surface area (Å²) in [4.78, 5) is 16.9. The van der Waals surface area contributed by atoms with Crippen LogP contribution in [0.15, 0.2) is 82.6 Å². The fourth-order valence-electron chi connectivity index (χ4n) is 3.90. The summed E-state index contributed by atoms with van der Waals surface area (Å²) in [7, 11) is 0. The van der Waals surface area contributed by atoms with Crippen LogP contribution in [0.4, 0.5) is 0 Å². The minimum atomic E-state index is -0.339. The average molecular weight is 633 g/mol. The number of halogens is 4. The Bertz CT molecular complexity index is 1640. The highest BCUT2D eigenvalue weighted by Gasteiger charge is 2.18. The van der Waals surface area contributed by atoms with E-state index in [9.17, 15) is 4.79 Å². The summed E-state index contributed by atoms with van der Waals surface area (Å²) in [6.07, 6.45) is 2.46. The summed E-state index contributed by atoms with van der Waals surface area (Å²) in [5.41, 5.74) is 2.95. The molecule has 1 N–H and O–H groups in total. The molecule has 3 aromatic carbocycles. The van der Waals surface area contributed by atoms with Gasteiger partial charge in [0.05, 0.1) is 21.5 Å². The molecule has 0 aliphatic rings. The predicted molar refractivity (Wildman–Crippen MR) is 159 cm³/mol. The van der Waals surface area contributed by atoms with E-state index in [1.807, 2.05) is 47.0 Å². The standard InChI is InChI=1S/C28H21Cl4N5O2S/c29-19-7-6-18(22(31)13-19)10-11-33-27(38)24-15-39-26(34-24)16-40-28-36-35-25(12-17-4-2-1-3-5-17)37(28)20-8-9-21(30)23(32)14-20/h1-9,13-15H,10-12,16H2,(H,33,38). The van der Waals surface area contributed by atoms with Crippen LogP contribution in [0.1, 0.15) is 33.3 Å². The molecule has 0 fully saturated rings. The fourth-order valence-corrected chi connectivity index (χ4v) is 5.52. The summed E-state index contributed by atoms with van der Waals surface area (Å²) in [6.45, 7) is 0.383. The van der Waals surface area contributed by atoms with Gasteiger partial charge in [-0.1, -0.05) is 94.6 Å². The van der Waals surface area contributed by atoms with Crippen molar-refractivity contribution in [1.29, 1.82) is 0 Å². The van der Waals surface area contributed by atoms with Crippen LogP contribution in [0.25, 0.3) is 5.69 Å². The summed E-state index contributed by atoms with van der Waals surface area (Å²) >= 11 is 26.0. The van der Waals surface area contributed by atoms with Gasteiger partial charge in [0.1, 0.15) is 12.1 Å². The summed E-state index contributed by atoms with van der Waals surface area (Å²) in [5.74, 6) is 1.11. The molecule has 0 bridgehead atoms. The zero-order valence-corrected chi connectivity index (χ0v) is 24.6. The molecule has 1 amide bonds. The Kier molecular flexibility index (Phi) is 9.34. The Labute approximate surface area is 254 Å². The molecule has 0 spiro atoms. The molecule has 0 aliphatic carbocycles. The lowest BCUT2D eigenvalue weighted by Gasteiger charge is -2.11. The third kappa shape index (κ3) is 7.00. The number of oxazole rings is 1. The zero-order chi connectivity index (χ0) is 28.1. The Hall–Kier alpha value is -3.01. The summed E-state index contributed by atoms with van der Waals surface area (Å²) in [6, 6.07) is 20.6. The second kappa shape index (κ2) is 13.1. The van der Waals surface area contributed by atoms with Crippen molar-refractivity contribution in [3.8, 4) is 5.69 Å². The maximum atomic E-state index is 12.6. The van der Waals surface area contributed by atoms with Gasteiger partial charge in [-0.05, 0) is 47.9 Å². The Balaban J connectivity index is 1.26. The third-order valence-electron chi connectivity index (χ3n) is 5.87. The first-order valence-corrected chi connectivity index (χ1v) is 14.6. The van der Waals surface area contributed by atoms with Gasteiger partial charge in [-0.15, -0.1) is 10.2 Å². The van der Waals surface area contributed by atoms with Gasteiger partial charge in [0.2, 0.25) is 5.89 Å². The maximum absolute atomic E-state index is 12.6. The minimum absolute atomic E-state index is 0.188. The molecule has 2 heterocycles. The number of hydrogen-bond acceptors (Lipinski definition) is 6. The number of nitrogens with zero attached hydrogens (tertiary/aromatic N) is 4. The van der Waals surface area contributed by atoms with Gasteiger partial charge in [0.25, 0.3) is 5.91 Å². The third-order valence-corrected chi connectivity index (χ3v) is 8.11. The lowest BCUT2D eigenvalue weighted by atomic mass is 10.1. The second-order valence-electron chi connectivity index (χ2n) is 8.65. The van der Waals surface area contributed by atoms with E-state index in [1.54, 1.807) is 24.3 Å². The fraction of sp³-hybridized carbons (Fsp3) is 0.143. The first kappa shape index (κ1) is 28.5. The topological polar surface area (TPSA) is 85.8 Å². The number of carbonyl (C=O) groups excluding carboxylic acids is 1. The number of hydrogen-bond donors (Lipinski definition) is 1. The van der Waals surface area contributed by atoms with E-state index in [4.69, 9.17) is 50.8 Å². The van der Waals surface area contributed by atoms with E-state index in [0.29, 0.717) is 56.3 Å². The van der Waals surface area contributed by atoms with Crippen molar-refractivity contribution in [3.63, 3.8) is 0 Å².